The Morgan fingerprint density at radius 1 is 1.27 bits per heavy atom. The Morgan fingerprint density at radius 3 is 2.52 bits per heavy atom. The summed E-state index contributed by atoms with van der Waals surface area (Å²) >= 11 is 6.35. The highest BCUT2D eigenvalue weighted by molar-refractivity contribution is 6.49. The van der Waals surface area contributed by atoms with Crippen molar-refractivity contribution in [1.29, 1.82) is 0 Å². The smallest absolute Gasteiger partial charge is 0.304 e. The van der Waals surface area contributed by atoms with Crippen molar-refractivity contribution in [2.45, 2.75) is 59.5 Å². The first-order valence-electron chi connectivity index (χ1n) is 10.9. The van der Waals surface area contributed by atoms with Gasteiger partial charge in [-0.3, -0.25) is 19.2 Å². The Hall–Kier alpha value is -2.93. The fraction of sp³-hybridized carbons (Fsp3) is 0.440. The lowest BCUT2D eigenvalue weighted by Crippen LogP contribution is -2.52. The standard InChI is InChI=1S/C25H30ClNO6/c1-6-15(2)12-16(3)9-10-18-13-19-20(14-27(18)11-7-8-21(29)30)23(31)25(5,33-17(4)28)24(32)22(19)26/h9-10,12-15H,6-8,11H2,1-5H3,(H,29,30)/b10-9?,16-12+/t15-,25-/m0/s1. The van der Waals surface area contributed by atoms with Crippen LogP contribution in [0.5, 0.6) is 0 Å². The average molecular weight is 476 g/mol. The Kier molecular flexibility index (Phi) is 8.61. The van der Waals surface area contributed by atoms with Crippen LogP contribution in [0.1, 0.15) is 53.9 Å². The number of esters is 1. The number of rotatable bonds is 9. The molecule has 0 bridgehead atoms. The number of ether oxygens (including phenoxy) is 1. The molecule has 0 aromatic rings. The third kappa shape index (κ3) is 6.11. The van der Waals surface area contributed by atoms with E-state index in [9.17, 15) is 19.2 Å². The molecule has 8 heteroatoms. The molecule has 1 aliphatic carbocycles. The molecule has 0 amide bonds. The van der Waals surface area contributed by atoms with E-state index in [4.69, 9.17) is 21.4 Å². The van der Waals surface area contributed by atoms with Gasteiger partial charge in [0.2, 0.25) is 17.2 Å². The fourth-order valence-electron chi connectivity index (χ4n) is 3.62. The molecule has 0 saturated carbocycles. The topological polar surface area (TPSA) is 101 Å². The van der Waals surface area contributed by atoms with E-state index in [1.54, 1.807) is 17.2 Å². The zero-order valence-corrected chi connectivity index (χ0v) is 20.4. The molecular weight excluding hydrogens is 446 g/mol. The zero-order valence-electron chi connectivity index (χ0n) is 19.6. The third-order valence-electron chi connectivity index (χ3n) is 5.59. The molecule has 0 spiro atoms. The van der Waals surface area contributed by atoms with Crippen LogP contribution in [0, 0.1) is 5.92 Å². The van der Waals surface area contributed by atoms with E-state index in [0.717, 1.165) is 18.9 Å². The number of Topliss-reactive ketones (excluding diaryl/α,β-unsaturated/α-hetero) is 2. The first-order chi connectivity index (χ1) is 15.4. The number of carbonyl (C=O) groups is 4. The second kappa shape index (κ2) is 10.8. The fourth-order valence-corrected chi connectivity index (χ4v) is 3.96. The molecule has 1 N–H and O–H groups in total. The van der Waals surface area contributed by atoms with Gasteiger partial charge in [0, 0.05) is 42.9 Å². The highest BCUT2D eigenvalue weighted by atomic mass is 35.5. The quantitative estimate of drug-likeness (QED) is 0.298. The highest BCUT2D eigenvalue weighted by Crippen LogP contribution is 2.39. The van der Waals surface area contributed by atoms with E-state index >= 15 is 0 Å². The maximum absolute atomic E-state index is 13.2. The Labute approximate surface area is 199 Å². The van der Waals surface area contributed by atoms with Crippen LogP contribution in [-0.2, 0) is 23.9 Å². The van der Waals surface area contributed by atoms with Crippen LogP contribution in [-0.4, -0.2) is 45.7 Å². The number of ketones is 2. The average Bonchev–Trinajstić information content (AvgIpc) is 2.74. The van der Waals surface area contributed by atoms with E-state index in [1.165, 1.54) is 6.92 Å². The Balaban J connectivity index is 2.52. The van der Waals surface area contributed by atoms with E-state index in [-0.39, 0.29) is 22.6 Å². The normalized spacial score (nSPS) is 22.2. The number of fused-ring (bicyclic) bond motifs is 1. The summed E-state index contributed by atoms with van der Waals surface area (Å²) in [6, 6.07) is 0. The van der Waals surface area contributed by atoms with Crippen molar-refractivity contribution in [1.82, 2.24) is 4.90 Å². The van der Waals surface area contributed by atoms with Gasteiger partial charge in [0.1, 0.15) is 0 Å². The summed E-state index contributed by atoms with van der Waals surface area (Å²) in [5, 5.41) is 8.82. The molecule has 1 heterocycles. The molecule has 2 atom stereocenters. The van der Waals surface area contributed by atoms with Gasteiger partial charge in [0.05, 0.1) is 5.03 Å². The van der Waals surface area contributed by atoms with Gasteiger partial charge in [-0.05, 0) is 38.3 Å². The SMILES string of the molecule is CC[C@H](C)/C=C(\C)C=CC1=CC2=C(Cl)C(=O)[C@@](C)(OC(C)=O)C(=O)C2=CN1CCCC(=O)O. The van der Waals surface area contributed by atoms with Gasteiger partial charge in [-0.1, -0.05) is 49.6 Å². The number of allylic oxidation sites excluding steroid dienone is 6. The molecule has 0 fully saturated rings. The number of carboxylic acids is 1. The maximum atomic E-state index is 13.2. The minimum atomic E-state index is -2.04. The van der Waals surface area contributed by atoms with Crippen molar-refractivity contribution >= 4 is 35.1 Å². The largest absolute Gasteiger partial charge is 0.481 e. The number of carboxylic acid groups (broad SMARTS) is 1. The minimum Gasteiger partial charge on any atom is -0.481 e. The molecule has 0 radical (unpaired) electrons. The molecule has 2 rings (SSSR count). The third-order valence-corrected chi connectivity index (χ3v) is 5.97. The van der Waals surface area contributed by atoms with Crippen molar-refractivity contribution in [3.63, 3.8) is 0 Å². The van der Waals surface area contributed by atoms with E-state index in [2.05, 4.69) is 19.9 Å². The van der Waals surface area contributed by atoms with Crippen LogP contribution >= 0.6 is 11.6 Å². The van der Waals surface area contributed by atoms with Crippen LogP contribution < -0.4 is 0 Å². The molecule has 0 unspecified atom stereocenters. The van der Waals surface area contributed by atoms with Gasteiger partial charge >= 0.3 is 11.9 Å². The van der Waals surface area contributed by atoms with Gasteiger partial charge < -0.3 is 14.7 Å². The van der Waals surface area contributed by atoms with E-state index in [1.807, 2.05) is 19.1 Å². The summed E-state index contributed by atoms with van der Waals surface area (Å²) in [6.45, 7) is 8.88. The van der Waals surface area contributed by atoms with Crippen molar-refractivity contribution in [3.05, 3.63) is 58.0 Å². The molecule has 0 aromatic carbocycles. The zero-order chi connectivity index (χ0) is 24.9. The van der Waals surface area contributed by atoms with Crippen LogP contribution in [0.4, 0.5) is 0 Å². The Bertz CT molecular complexity index is 1020. The second-order valence-corrected chi connectivity index (χ2v) is 8.82. The predicted octanol–water partition coefficient (Wildman–Crippen LogP) is 4.45. The maximum Gasteiger partial charge on any atom is 0.304 e. The number of hydrogen-bond acceptors (Lipinski definition) is 6. The van der Waals surface area contributed by atoms with E-state index in [0.29, 0.717) is 24.6 Å². The summed E-state index contributed by atoms with van der Waals surface area (Å²) in [4.78, 5) is 50.3. The van der Waals surface area contributed by atoms with Gasteiger partial charge in [0.25, 0.3) is 0 Å². The lowest BCUT2D eigenvalue weighted by Gasteiger charge is -2.35. The predicted molar refractivity (Wildman–Crippen MR) is 125 cm³/mol. The van der Waals surface area contributed by atoms with Gasteiger partial charge in [0.15, 0.2) is 0 Å². The lowest BCUT2D eigenvalue weighted by molar-refractivity contribution is -0.167. The number of carbonyl (C=O) groups excluding carboxylic acids is 3. The van der Waals surface area contributed by atoms with Gasteiger partial charge in [-0.25, -0.2) is 0 Å². The van der Waals surface area contributed by atoms with Crippen LogP contribution in [0.3, 0.4) is 0 Å². The summed E-state index contributed by atoms with van der Waals surface area (Å²) in [7, 11) is 0. The molecule has 7 nitrogen and oxygen atoms in total. The number of hydrogen-bond donors (Lipinski definition) is 1. The molecular formula is C25H30ClNO6. The number of nitrogens with zero attached hydrogens (tertiary/aromatic N) is 1. The van der Waals surface area contributed by atoms with Crippen molar-refractivity contribution in [3.8, 4) is 0 Å². The molecule has 0 aromatic heterocycles. The van der Waals surface area contributed by atoms with Crippen molar-refractivity contribution in [2.24, 2.45) is 5.92 Å². The summed E-state index contributed by atoms with van der Waals surface area (Å²) < 4.78 is 5.09. The monoisotopic (exact) mass is 475 g/mol. The number of halogens is 1. The van der Waals surface area contributed by atoms with Gasteiger partial charge in [-0.2, -0.15) is 0 Å². The first-order valence-corrected chi connectivity index (χ1v) is 11.3. The van der Waals surface area contributed by atoms with Crippen LogP contribution in [0.2, 0.25) is 0 Å². The molecule has 0 saturated heterocycles. The molecule has 178 valence electrons. The second-order valence-electron chi connectivity index (χ2n) is 8.45. The van der Waals surface area contributed by atoms with Crippen molar-refractivity contribution < 1.29 is 29.0 Å². The summed E-state index contributed by atoms with van der Waals surface area (Å²) in [5.74, 6) is -2.72. The summed E-state index contributed by atoms with van der Waals surface area (Å²) in [5.41, 5.74) is 0.0632. The minimum absolute atomic E-state index is 0.0370. The van der Waals surface area contributed by atoms with Gasteiger partial charge in [-0.15, -0.1) is 0 Å². The Morgan fingerprint density at radius 2 is 1.94 bits per heavy atom. The first kappa shape index (κ1) is 26.3. The number of aliphatic carboxylic acids is 1. The van der Waals surface area contributed by atoms with Crippen LogP contribution in [0.15, 0.2) is 58.0 Å². The van der Waals surface area contributed by atoms with Crippen molar-refractivity contribution in [2.75, 3.05) is 6.54 Å². The molecule has 1 aliphatic heterocycles. The van der Waals surface area contributed by atoms with E-state index < -0.39 is 29.1 Å². The highest BCUT2D eigenvalue weighted by Gasteiger charge is 2.52. The molecule has 2 aliphatic rings. The summed E-state index contributed by atoms with van der Waals surface area (Å²) in [6.07, 6.45) is 10.4. The molecule has 33 heavy (non-hydrogen) atoms. The van der Waals surface area contributed by atoms with Crippen LogP contribution in [0.25, 0.3) is 0 Å². The lowest BCUT2D eigenvalue weighted by atomic mass is 9.79.